The van der Waals surface area contributed by atoms with Crippen molar-refractivity contribution in [1.82, 2.24) is 14.5 Å². The highest BCUT2D eigenvalue weighted by Gasteiger charge is 2.25. The van der Waals surface area contributed by atoms with Crippen molar-refractivity contribution in [2.75, 3.05) is 19.6 Å². The molecule has 4 heteroatoms. The standard InChI is InChI=1S/C11H20N4/c1-10-13-4-8-14(10)5-2-6-15-7-3-11(15)9-12/h4,8,11H,2-3,5-7,9,12H2,1H3. The maximum absolute atomic E-state index is 5.66. The molecule has 0 aliphatic carbocycles. The molecule has 2 heterocycles. The molecule has 2 rings (SSSR count). The van der Waals surface area contributed by atoms with E-state index in [1.54, 1.807) is 0 Å². The second-order valence-electron chi connectivity index (χ2n) is 4.24. The summed E-state index contributed by atoms with van der Waals surface area (Å²) in [5.74, 6) is 1.11. The minimum atomic E-state index is 0.647. The van der Waals surface area contributed by atoms with Crippen LogP contribution in [0.25, 0.3) is 0 Å². The first-order valence-electron chi connectivity index (χ1n) is 5.73. The summed E-state index contributed by atoms with van der Waals surface area (Å²) in [5.41, 5.74) is 5.66. The van der Waals surface area contributed by atoms with E-state index in [9.17, 15) is 0 Å². The summed E-state index contributed by atoms with van der Waals surface area (Å²) in [6, 6.07) is 0.647. The molecule has 0 radical (unpaired) electrons. The van der Waals surface area contributed by atoms with E-state index >= 15 is 0 Å². The smallest absolute Gasteiger partial charge is 0.105 e. The van der Waals surface area contributed by atoms with Gasteiger partial charge in [-0.15, -0.1) is 0 Å². The van der Waals surface area contributed by atoms with Gasteiger partial charge in [-0.3, -0.25) is 4.90 Å². The third-order valence-corrected chi connectivity index (χ3v) is 3.31. The fourth-order valence-electron chi connectivity index (χ4n) is 2.14. The van der Waals surface area contributed by atoms with Crippen LogP contribution in [0.5, 0.6) is 0 Å². The zero-order valence-corrected chi connectivity index (χ0v) is 9.39. The maximum Gasteiger partial charge on any atom is 0.105 e. The Bertz CT molecular complexity index is 305. The Hall–Kier alpha value is -0.870. The highest BCUT2D eigenvalue weighted by molar-refractivity contribution is 4.88. The van der Waals surface area contributed by atoms with Gasteiger partial charge in [-0.05, 0) is 19.8 Å². The molecule has 4 nitrogen and oxygen atoms in total. The van der Waals surface area contributed by atoms with Crippen LogP contribution in [0, 0.1) is 6.92 Å². The SMILES string of the molecule is Cc1nccn1CCCN1CCC1CN. The largest absolute Gasteiger partial charge is 0.335 e. The summed E-state index contributed by atoms with van der Waals surface area (Å²) in [4.78, 5) is 6.69. The van der Waals surface area contributed by atoms with E-state index in [0.717, 1.165) is 18.9 Å². The van der Waals surface area contributed by atoms with E-state index in [-0.39, 0.29) is 0 Å². The Kier molecular flexibility index (Phi) is 3.38. The normalized spacial score (nSPS) is 21.6. The number of nitrogens with zero attached hydrogens (tertiary/aromatic N) is 3. The van der Waals surface area contributed by atoms with Gasteiger partial charge in [-0.2, -0.15) is 0 Å². The van der Waals surface area contributed by atoms with Crippen LogP contribution in [0.1, 0.15) is 18.7 Å². The van der Waals surface area contributed by atoms with Crippen molar-refractivity contribution in [3.05, 3.63) is 18.2 Å². The lowest BCUT2D eigenvalue weighted by Gasteiger charge is -2.40. The molecule has 0 saturated carbocycles. The quantitative estimate of drug-likeness (QED) is 0.771. The van der Waals surface area contributed by atoms with Crippen LogP contribution in [0.15, 0.2) is 12.4 Å². The van der Waals surface area contributed by atoms with Crippen LogP contribution in [0.4, 0.5) is 0 Å². The van der Waals surface area contributed by atoms with Crippen molar-refractivity contribution in [3.8, 4) is 0 Å². The minimum Gasteiger partial charge on any atom is -0.335 e. The van der Waals surface area contributed by atoms with E-state index < -0.39 is 0 Å². The summed E-state index contributed by atoms with van der Waals surface area (Å²) in [6.07, 6.45) is 6.38. The van der Waals surface area contributed by atoms with Crippen LogP contribution < -0.4 is 5.73 Å². The lowest BCUT2D eigenvalue weighted by molar-refractivity contribution is 0.0939. The minimum absolute atomic E-state index is 0.647. The van der Waals surface area contributed by atoms with E-state index in [0.29, 0.717) is 6.04 Å². The summed E-state index contributed by atoms with van der Waals surface area (Å²) >= 11 is 0. The monoisotopic (exact) mass is 208 g/mol. The van der Waals surface area contributed by atoms with Crippen molar-refractivity contribution < 1.29 is 0 Å². The van der Waals surface area contributed by atoms with Crippen LogP contribution in [-0.4, -0.2) is 40.1 Å². The van der Waals surface area contributed by atoms with Gasteiger partial charge in [0, 0.05) is 44.6 Å². The lowest BCUT2D eigenvalue weighted by Crippen LogP contribution is -2.51. The molecular weight excluding hydrogens is 188 g/mol. The second-order valence-corrected chi connectivity index (χ2v) is 4.24. The molecule has 2 N–H and O–H groups in total. The van der Waals surface area contributed by atoms with Crippen molar-refractivity contribution in [2.45, 2.75) is 32.4 Å². The molecule has 1 fully saturated rings. The highest BCUT2D eigenvalue weighted by Crippen LogP contribution is 2.16. The molecule has 1 atom stereocenters. The van der Waals surface area contributed by atoms with Gasteiger partial charge in [-0.1, -0.05) is 0 Å². The predicted molar refractivity (Wildman–Crippen MR) is 60.6 cm³/mol. The number of hydrogen-bond donors (Lipinski definition) is 1. The Labute approximate surface area is 91.1 Å². The molecule has 1 unspecified atom stereocenters. The fourth-order valence-corrected chi connectivity index (χ4v) is 2.14. The first-order valence-corrected chi connectivity index (χ1v) is 5.73. The molecule has 0 spiro atoms. The number of hydrogen-bond acceptors (Lipinski definition) is 3. The highest BCUT2D eigenvalue weighted by atomic mass is 15.2. The van der Waals surface area contributed by atoms with Crippen LogP contribution in [-0.2, 0) is 6.54 Å². The summed E-state index contributed by atoms with van der Waals surface area (Å²) in [6.45, 7) is 6.32. The van der Waals surface area contributed by atoms with Crippen molar-refractivity contribution in [2.24, 2.45) is 5.73 Å². The van der Waals surface area contributed by atoms with Crippen molar-refractivity contribution in [1.29, 1.82) is 0 Å². The number of imidazole rings is 1. The first-order chi connectivity index (χ1) is 7.31. The number of aromatic nitrogens is 2. The molecule has 1 aromatic rings. The molecule has 1 saturated heterocycles. The zero-order valence-electron chi connectivity index (χ0n) is 9.39. The van der Waals surface area contributed by atoms with Gasteiger partial charge in [0.2, 0.25) is 0 Å². The predicted octanol–water partition coefficient (Wildman–Crippen LogP) is 0.615. The third kappa shape index (κ3) is 2.38. The van der Waals surface area contributed by atoms with Crippen molar-refractivity contribution >= 4 is 0 Å². The average Bonchev–Trinajstić information content (AvgIpc) is 2.58. The van der Waals surface area contributed by atoms with E-state index in [1.165, 1.54) is 25.9 Å². The van der Waals surface area contributed by atoms with Gasteiger partial charge in [-0.25, -0.2) is 4.98 Å². The van der Waals surface area contributed by atoms with E-state index in [2.05, 4.69) is 14.5 Å². The van der Waals surface area contributed by atoms with Gasteiger partial charge in [0.15, 0.2) is 0 Å². The third-order valence-electron chi connectivity index (χ3n) is 3.31. The molecule has 0 bridgehead atoms. The van der Waals surface area contributed by atoms with Gasteiger partial charge >= 0.3 is 0 Å². The molecule has 15 heavy (non-hydrogen) atoms. The summed E-state index contributed by atoms with van der Waals surface area (Å²) in [5, 5.41) is 0. The van der Waals surface area contributed by atoms with E-state index in [4.69, 9.17) is 5.73 Å². The Morgan fingerprint density at radius 3 is 2.93 bits per heavy atom. The number of rotatable bonds is 5. The summed E-state index contributed by atoms with van der Waals surface area (Å²) < 4.78 is 2.21. The maximum atomic E-state index is 5.66. The second kappa shape index (κ2) is 4.77. The Morgan fingerprint density at radius 1 is 1.53 bits per heavy atom. The molecule has 1 aromatic heterocycles. The number of nitrogens with two attached hydrogens (primary N) is 1. The Morgan fingerprint density at radius 2 is 2.40 bits per heavy atom. The lowest BCUT2D eigenvalue weighted by atomic mass is 10.0. The van der Waals surface area contributed by atoms with E-state index in [1.807, 2.05) is 19.3 Å². The summed E-state index contributed by atoms with van der Waals surface area (Å²) in [7, 11) is 0. The molecule has 1 aliphatic heterocycles. The molecule has 84 valence electrons. The molecule has 0 amide bonds. The topological polar surface area (TPSA) is 47.1 Å². The average molecular weight is 208 g/mol. The van der Waals surface area contributed by atoms with Gasteiger partial charge < -0.3 is 10.3 Å². The molecule has 1 aliphatic rings. The van der Waals surface area contributed by atoms with Gasteiger partial charge in [0.05, 0.1) is 0 Å². The zero-order chi connectivity index (χ0) is 10.7. The number of likely N-dealkylation sites (tertiary alicyclic amines) is 1. The molecular formula is C11H20N4. The Balaban J connectivity index is 1.69. The number of aryl methyl sites for hydroxylation is 2. The van der Waals surface area contributed by atoms with Crippen LogP contribution >= 0.6 is 0 Å². The fraction of sp³-hybridized carbons (Fsp3) is 0.727. The van der Waals surface area contributed by atoms with Gasteiger partial charge in [0.25, 0.3) is 0 Å². The first kappa shape index (κ1) is 10.6. The van der Waals surface area contributed by atoms with Crippen LogP contribution in [0.3, 0.4) is 0 Å². The van der Waals surface area contributed by atoms with Crippen LogP contribution in [0.2, 0.25) is 0 Å². The molecule has 0 aromatic carbocycles. The van der Waals surface area contributed by atoms with Gasteiger partial charge in [0.1, 0.15) is 5.82 Å². The van der Waals surface area contributed by atoms with Crippen molar-refractivity contribution in [3.63, 3.8) is 0 Å².